The minimum absolute atomic E-state index is 0.191. The number of carbonyl (C=O) groups excluding carboxylic acids is 1. The van der Waals surface area contributed by atoms with Gasteiger partial charge in [0.25, 0.3) is 5.91 Å². The van der Waals surface area contributed by atoms with Gasteiger partial charge in [0.1, 0.15) is 5.75 Å². The lowest BCUT2D eigenvalue weighted by atomic mass is 10.2. The van der Waals surface area contributed by atoms with Gasteiger partial charge in [-0.05, 0) is 18.2 Å². The van der Waals surface area contributed by atoms with Gasteiger partial charge in [0.05, 0.1) is 19.6 Å². The quantitative estimate of drug-likeness (QED) is 0.753. The number of nitriles is 1. The second-order valence-electron chi connectivity index (χ2n) is 2.90. The van der Waals surface area contributed by atoms with E-state index in [2.05, 4.69) is 5.32 Å². The van der Waals surface area contributed by atoms with E-state index in [1.165, 1.54) is 0 Å². The smallest absolute Gasteiger partial charge is 0.251 e. The molecule has 15 heavy (non-hydrogen) atoms. The first kappa shape index (κ1) is 11.1. The summed E-state index contributed by atoms with van der Waals surface area (Å²) >= 11 is 0. The SMILES string of the molecule is COc1cccc(C(=O)NCCC#N)c1. The van der Waals surface area contributed by atoms with E-state index in [-0.39, 0.29) is 5.91 Å². The molecule has 0 aromatic heterocycles. The van der Waals surface area contributed by atoms with Crippen LogP contribution in [0.3, 0.4) is 0 Å². The topological polar surface area (TPSA) is 62.1 Å². The number of nitrogens with one attached hydrogen (secondary N) is 1. The number of hydrogen-bond acceptors (Lipinski definition) is 3. The number of ether oxygens (including phenoxy) is 1. The first-order chi connectivity index (χ1) is 7.27. The third kappa shape index (κ3) is 3.31. The zero-order chi connectivity index (χ0) is 11.1. The molecule has 0 fully saturated rings. The predicted molar refractivity (Wildman–Crippen MR) is 55.6 cm³/mol. The maximum absolute atomic E-state index is 11.5. The maximum Gasteiger partial charge on any atom is 0.251 e. The average Bonchev–Trinajstić information content (AvgIpc) is 2.29. The van der Waals surface area contributed by atoms with Gasteiger partial charge in [-0.25, -0.2) is 0 Å². The standard InChI is InChI=1S/C11H12N2O2/c1-15-10-5-2-4-9(8-10)11(14)13-7-3-6-12/h2,4-5,8H,3,7H2,1H3,(H,13,14). The number of amides is 1. The van der Waals surface area contributed by atoms with Crippen LogP contribution in [0.25, 0.3) is 0 Å². The monoisotopic (exact) mass is 204 g/mol. The number of hydrogen-bond donors (Lipinski definition) is 1. The molecule has 0 aliphatic rings. The van der Waals surface area contributed by atoms with Crippen molar-refractivity contribution in [2.75, 3.05) is 13.7 Å². The van der Waals surface area contributed by atoms with Gasteiger partial charge in [-0.3, -0.25) is 4.79 Å². The van der Waals surface area contributed by atoms with E-state index in [0.29, 0.717) is 24.3 Å². The maximum atomic E-state index is 11.5. The predicted octanol–water partition coefficient (Wildman–Crippen LogP) is 1.34. The molecule has 0 unspecified atom stereocenters. The third-order valence-electron chi connectivity index (χ3n) is 1.85. The molecular formula is C11H12N2O2. The Morgan fingerprint density at radius 3 is 3.07 bits per heavy atom. The first-order valence-corrected chi connectivity index (χ1v) is 4.57. The van der Waals surface area contributed by atoms with Crippen LogP contribution >= 0.6 is 0 Å². The molecule has 1 aromatic rings. The summed E-state index contributed by atoms with van der Waals surface area (Å²) in [6.07, 6.45) is 0.315. The van der Waals surface area contributed by atoms with Gasteiger partial charge in [-0.1, -0.05) is 6.07 Å². The summed E-state index contributed by atoms with van der Waals surface area (Å²) in [6.45, 7) is 0.368. The lowest BCUT2D eigenvalue weighted by Gasteiger charge is -2.04. The van der Waals surface area contributed by atoms with Crippen molar-refractivity contribution in [3.63, 3.8) is 0 Å². The number of nitrogens with zero attached hydrogens (tertiary/aromatic N) is 1. The van der Waals surface area contributed by atoms with Crippen LogP contribution in [0, 0.1) is 11.3 Å². The van der Waals surface area contributed by atoms with Crippen molar-refractivity contribution in [3.8, 4) is 11.8 Å². The van der Waals surface area contributed by atoms with Crippen molar-refractivity contribution < 1.29 is 9.53 Å². The van der Waals surface area contributed by atoms with Crippen molar-refractivity contribution in [3.05, 3.63) is 29.8 Å². The van der Waals surface area contributed by atoms with E-state index in [4.69, 9.17) is 10.00 Å². The lowest BCUT2D eigenvalue weighted by molar-refractivity contribution is 0.0954. The van der Waals surface area contributed by atoms with E-state index in [0.717, 1.165) is 0 Å². The Labute approximate surface area is 88.5 Å². The summed E-state index contributed by atoms with van der Waals surface area (Å²) in [5.74, 6) is 0.451. The molecule has 4 nitrogen and oxygen atoms in total. The van der Waals surface area contributed by atoms with Crippen molar-refractivity contribution in [2.45, 2.75) is 6.42 Å². The van der Waals surface area contributed by atoms with E-state index in [1.807, 2.05) is 6.07 Å². The van der Waals surface area contributed by atoms with E-state index < -0.39 is 0 Å². The lowest BCUT2D eigenvalue weighted by Crippen LogP contribution is -2.24. The fraction of sp³-hybridized carbons (Fsp3) is 0.273. The summed E-state index contributed by atoms with van der Waals surface area (Å²) in [6, 6.07) is 8.83. The average molecular weight is 204 g/mol. The van der Waals surface area contributed by atoms with Gasteiger partial charge in [-0.15, -0.1) is 0 Å². The Bertz CT molecular complexity index is 382. The minimum atomic E-state index is -0.191. The normalized spacial score (nSPS) is 9.07. The Balaban J connectivity index is 2.61. The molecule has 0 bridgehead atoms. The van der Waals surface area contributed by atoms with Crippen LogP contribution < -0.4 is 10.1 Å². The van der Waals surface area contributed by atoms with Gasteiger partial charge in [0.15, 0.2) is 0 Å². The molecule has 0 spiro atoms. The van der Waals surface area contributed by atoms with Crippen molar-refractivity contribution in [2.24, 2.45) is 0 Å². The van der Waals surface area contributed by atoms with E-state index in [9.17, 15) is 4.79 Å². The molecule has 0 radical (unpaired) electrons. The van der Waals surface area contributed by atoms with Crippen LogP contribution in [0.15, 0.2) is 24.3 Å². The second-order valence-corrected chi connectivity index (χ2v) is 2.90. The molecule has 0 atom stereocenters. The molecule has 1 amide bonds. The molecule has 0 heterocycles. The molecule has 4 heteroatoms. The molecule has 0 aliphatic heterocycles. The van der Waals surface area contributed by atoms with Crippen LogP contribution in [-0.2, 0) is 0 Å². The largest absolute Gasteiger partial charge is 0.497 e. The molecule has 1 aromatic carbocycles. The fourth-order valence-electron chi connectivity index (χ4n) is 1.10. The zero-order valence-electron chi connectivity index (χ0n) is 8.49. The third-order valence-corrected chi connectivity index (χ3v) is 1.85. The fourth-order valence-corrected chi connectivity index (χ4v) is 1.10. The summed E-state index contributed by atoms with van der Waals surface area (Å²) in [5, 5.41) is 10.9. The second kappa shape index (κ2) is 5.66. The molecule has 0 saturated heterocycles. The highest BCUT2D eigenvalue weighted by Crippen LogP contribution is 2.12. The molecule has 1 rings (SSSR count). The molecular weight excluding hydrogens is 192 g/mol. The summed E-state index contributed by atoms with van der Waals surface area (Å²) in [4.78, 5) is 11.5. The highest BCUT2D eigenvalue weighted by atomic mass is 16.5. The van der Waals surface area contributed by atoms with Crippen LogP contribution in [-0.4, -0.2) is 19.6 Å². The van der Waals surface area contributed by atoms with Gasteiger partial charge in [0.2, 0.25) is 0 Å². The highest BCUT2D eigenvalue weighted by molar-refractivity contribution is 5.94. The van der Waals surface area contributed by atoms with Gasteiger partial charge < -0.3 is 10.1 Å². The van der Waals surface area contributed by atoms with Crippen LogP contribution in [0.1, 0.15) is 16.8 Å². The minimum Gasteiger partial charge on any atom is -0.497 e. The Morgan fingerprint density at radius 1 is 1.60 bits per heavy atom. The van der Waals surface area contributed by atoms with Crippen LogP contribution in [0.2, 0.25) is 0 Å². The van der Waals surface area contributed by atoms with Gasteiger partial charge in [0, 0.05) is 12.1 Å². The highest BCUT2D eigenvalue weighted by Gasteiger charge is 2.04. The Hall–Kier alpha value is -2.02. The van der Waals surface area contributed by atoms with Crippen molar-refractivity contribution in [1.29, 1.82) is 5.26 Å². The Morgan fingerprint density at radius 2 is 2.40 bits per heavy atom. The number of benzene rings is 1. The first-order valence-electron chi connectivity index (χ1n) is 4.57. The zero-order valence-corrected chi connectivity index (χ0v) is 8.49. The van der Waals surface area contributed by atoms with Crippen molar-refractivity contribution in [1.82, 2.24) is 5.32 Å². The van der Waals surface area contributed by atoms with Gasteiger partial charge >= 0.3 is 0 Å². The molecule has 0 saturated carbocycles. The van der Waals surface area contributed by atoms with Crippen molar-refractivity contribution >= 4 is 5.91 Å². The van der Waals surface area contributed by atoms with Crippen LogP contribution in [0.5, 0.6) is 5.75 Å². The number of methoxy groups -OCH3 is 1. The summed E-state index contributed by atoms with van der Waals surface area (Å²) < 4.78 is 5.00. The summed E-state index contributed by atoms with van der Waals surface area (Å²) in [5.41, 5.74) is 0.535. The summed E-state index contributed by atoms with van der Waals surface area (Å²) in [7, 11) is 1.55. The van der Waals surface area contributed by atoms with Gasteiger partial charge in [-0.2, -0.15) is 5.26 Å². The number of carbonyl (C=O) groups is 1. The Kier molecular flexibility index (Phi) is 4.17. The van der Waals surface area contributed by atoms with E-state index >= 15 is 0 Å². The molecule has 1 N–H and O–H groups in total. The van der Waals surface area contributed by atoms with Crippen LogP contribution in [0.4, 0.5) is 0 Å². The molecule has 78 valence electrons. The number of rotatable bonds is 4. The van der Waals surface area contributed by atoms with E-state index in [1.54, 1.807) is 31.4 Å². The molecule has 0 aliphatic carbocycles.